The molecule has 0 spiro atoms. The maximum Gasteiger partial charge on any atom is 0.221 e. The minimum atomic E-state index is -3.54. The number of hydrogen-bond donors (Lipinski definition) is 2. The lowest BCUT2D eigenvalue weighted by Crippen LogP contribution is -2.32. The molecule has 1 aliphatic heterocycles. The Balaban J connectivity index is 0.00000288. The van der Waals surface area contributed by atoms with Gasteiger partial charge in [0.2, 0.25) is 5.91 Å². The highest BCUT2D eigenvalue weighted by molar-refractivity contribution is 7.91. The van der Waals surface area contributed by atoms with Gasteiger partial charge in [-0.2, -0.15) is 0 Å². The van der Waals surface area contributed by atoms with Crippen molar-refractivity contribution in [1.29, 1.82) is 0 Å². The minimum absolute atomic E-state index is 0. The fourth-order valence-electron chi connectivity index (χ4n) is 2.12. The molecule has 24 heavy (non-hydrogen) atoms. The average molecular weight is 379 g/mol. The van der Waals surface area contributed by atoms with Crippen LogP contribution in [0.4, 0.5) is 0 Å². The number of rotatable bonds is 8. The van der Waals surface area contributed by atoms with Crippen molar-refractivity contribution < 1.29 is 22.7 Å². The van der Waals surface area contributed by atoms with Gasteiger partial charge in [0.25, 0.3) is 0 Å². The normalized spacial score (nSPS) is 13.0. The Morgan fingerprint density at radius 1 is 1.17 bits per heavy atom. The molecule has 136 valence electrons. The van der Waals surface area contributed by atoms with E-state index in [1.807, 2.05) is 6.92 Å². The molecule has 0 aromatic heterocycles. The van der Waals surface area contributed by atoms with Gasteiger partial charge in [-0.15, -0.1) is 12.4 Å². The molecule has 0 unspecified atom stereocenters. The van der Waals surface area contributed by atoms with Crippen LogP contribution in [0.25, 0.3) is 0 Å². The van der Waals surface area contributed by atoms with E-state index in [1.54, 1.807) is 6.07 Å². The number of amides is 1. The highest BCUT2D eigenvalue weighted by Gasteiger charge is 2.20. The quantitative estimate of drug-likeness (QED) is 0.649. The molecular formula is C15H23ClN2O5S. The first kappa shape index (κ1) is 20.5. The van der Waals surface area contributed by atoms with Gasteiger partial charge < -0.3 is 20.1 Å². The van der Waals surface area contributed by atoms with E-state index >= 15 is 0 Å². The number of nitrogens with one attached hydrogen (secondary N) is 2. The topological polar surface area (TPSA) is 93.7 Å². The van der Waals surface area contributed by atoms with Crippen molar-refractivity contribution in [2.24, 2.45) is 0 Å². The molecule has 1 amide bonds. The molecule has 7 nitrogen and oxygen atoms in total. The van der Waals surface area contributed by atoms with Gasteiger partial charge >= 0.3 is 0 Å². The van der Waals surface area contributed by atoms with Crippen molar-refractivity contribution >= 4 is 28.2 Å². The number of hydrogen-bond acceptors (Lipinski definition) is 6. The van der Waals surface area contributed by atoms with E-state index in [9.17, 15) is 13.2 Å². The van der Waals surface area contributed by atoms with E-state index in [2.05, 4.69) is 10.6 Å². The van der Waals surface area contributed by atoms with Gasteiger partial charge in [-0.1, -0.05) is 6.92 Å². The molecule has 0 saturated heterocycles. The fourth-order valence-corrected chi connectivity index (χ4v) is 3.37. The number of benzene rings is 1. The number of carbonyl (C=O) groups excluding carboxylic acids is 1. The summed E-state index contributed by atoms with van der Waals surface area (Å²) in [5.41, 5.74) is 0. The summed E-state index contributed by atoms with van der Waals surface area (Å²) in [6.07, 6.45) is -0.0666. The molecule has 0 bridgehead atoms. The van der Waals surface area contributed by atoms with Crippen LogP contribution in [-0.4, -0.2) is 52.9 Å². The third-order valence-electron chi connectivity index (χ3n) is 3.34. The van der Waals surface area contributed by atoms with Crippen molar-refractivity contribution in [1.82, 2.24) is 10.6 Å². The van der Waals surface area contributed by atoms with Crippen molar-refractivity contribution in [2.75, 3.05) is 38.6 Å². The monoisotopic (exact) mass is 378 g/mol. The Morgan fingerprint density at radius 2 is 1.88 bits per heavy atom. The van der Waals surface area contributed by atoms with Gasteiger partial charge in [-0.3, -0.25) is 4.79 Å². The Bertz CT molecular complexity index is 651. The SMILES string of the molecule is CCNCCNC(=O)CCS(=O)(=O)c1ccc2c(c1)OCCO2.Cl. The summed E-state index contributed by atoms with van der Waals surface area (Å²) in [6.45, 7) is 4.79. The van der Waals surface area contributed by atoms with Crippen molar-refractivity contribution in [3.63, 3.8) is 0 Å². The first-order valence-electron chi connectivity index (χ1n) is 7.63. The number of ether oxygens (including phenoxy) is 2. The highest BCUT2D eigenvalue weighted by atomic mass is 35.5. The van der Waals surface area contributed by atoms with Crippen LogP contribution in [0.3, 0.4) is 0 Å². The maximum atomic E-state index is 12.3. The molecule has 0 atom stereocenters. The Hall–Kier alpha value is -1.51. The van der Waals surface area contributed by atoms with Crippen LogP contribution in [0.1, 0.15) is 13.3 Å². The number of sulfone groups is 1. The van der Waals surface area contributed by atoms with Crippen LogP contribution < -0.4 is 20.1 Å². The van der Waals surface area contributed by atoms with Crippen LogP contribution in [0.2, 0.25) is 0 Å². The lowest BCUT2D eigenvalue weighted by atomic mass is 10.3. The molecule has 1 heterocycles. The zero-order chi connectivity index (χ0) is 16.7. The molecule has 2 N–H and O–H groups in total. The zero-order valence-electron chi connectivity index (χ0n) is 13.5. The number of halogens is 1. The molecule has 0 aliphatic carbocycles. The minimum Gasteiger partial charge on any atom is -0.486 e. The van der Waals surface area contributed by atoms with E-state index < -0.39 is 9.84 Å². The molecule has 0 saturated carbocycles. The summed E-state index contributed by atoms with van der Waals surface area (Å²) in [5, 5.41) is 5.75. The number of carbonyl (C=O) groups is 1. The maximum absolute atomic E-state index is 12.3. The third-order valence-corrected chi connectivity index (χ3v) is 5.06. The summed E-state index contributed by atoms with van der Waals surface area (Å²) < 4.78 is 35.4. The summed E-state index contributed by atoms with van der Waals surface area (Å²) in [5.74, 6) is 0.451. The highest BCUT2D eigenvalue weighted by Crippen LogP contribution is 2.32. The van der Waals surface area contributed by atoms with Crippen LogP contribution in [0, 0.1) is 0 Å². The van der Waals surface area contributed by atoms with Gasteiger partial charge in [0.05, 0.1) is 10.6 Å². The number of likely N-dealkylation sites (N-methyl/N-ethyl adjacent to an activating group) is 1. The molecule has 1 aliphatic rings. The van der Waals surface area contributed by atoms with Crippen LogP contribution >= 0.6 is 12.4 Å². The van der Waals surface area contributed by atoms with Gasteiger partial charge in [0.15, 0.2) is 21.3 Å². The zero-order valence-corrected chi connectivity index (χ0v) is 15.2. The predicted molar refractivity (Wildman–Crippen MR) is 92.9 cm³/mol. The van der Waals surface area contributed by atoms with E-state index in [1.165, 1.54) is 12.1 Å². The van der Waals surface area contributed by atoms with Crippen LogP contribution in [0.5, 0.6) is 11.5 Å². The van der Waals surface area contributed by atoms with Gasteiger partial charge in [-0.25, -0.2) is 8.42 Å². The third kappa shape index (κ3) is 5.85. The summed E-state index contributed by atoms with van der Waals surface area (Å²) in [6, 6.07) is 4.51. The Kier molecular flexibility index (Phi) is 8.30. The summed E-state index contributed by atoms with van der Waals surface area (Å²) >= 11 is 0. The van der Waals surface area contributed by atoms with Crippen molar-refractivity contribution in [3.8, 4) is 11.5 Å². The second kappa shape index (κ2) is 9.71. The second-order valence-electron chi connectivity index (χ2n) is 5.08. The first-order valence-corrected chi connectivity index (χ1v) is 9.28. The lowest BCUT2D eigenvalue weighted by Gasteiger charge is -2.18. The standard InChI is InChI=1S/C15H22N2O5S.ClH/c1-2-16-6-7-17-15(18)5-10-23(19,20)12-3-4-13-14(11-12)22-9-8-21-13;/h3-4,11,16H,2,5-10H2,1H3,(H,17,18);1H. The Labute approximate surface area is 148 Å². The second-order valence-corrected chi connectivity index (χ2v) is 7.19. The predicted octanol–water partition coefficient (Wildman–Crippen LogP) is 0.769. The molecule has 2 rings (SSSR count). The largest absolute Gasteiger partial charge is 0.486 e. The van der Waals surface area contributed by atoms with E-state index in [4.69, 9.17) is 9.47 Å². The molecule has 9 heteroatoms. The first-order chi connectivity index (χ1) is 11.0. The lowest BCUT2D eigenvalue weighted by molar-refractivity contribution is -0.120. The molecule has 1 aromatic carbocycles. The van der Waals surface area contributed by atoms with Gasteiger partial charge in [0.1, 0.15) is 13.2 Å². The van der Waals surface area contributed by atoms with Crippen LogP contribution in [-0.2, 0) is 14.6 Å². The smallest absolute Gasteiger partial charge is 0.221 e. The summed E-state index contributed by atoms with van der Waals surface area (Å²) in [7, 11) is -3.54. The summed E-state index contributed by atoms with van der Waals surface area (Å²) in [4.78, 5) is 11.8. The molecule has 0 radical (unpaired) electrons. The van der Waals surface area contributed by atoms with Crippen molar-refractivity contribution in [3.05, 3.63) is 18.2 Å². The van der Waals surface area contributed by atoms with E-state index in [0.717, 1.165) is 6.54 Å². The van der Waals surface area contributed by atoms with Gasteiger partial charge in [0, 0.05) is 25.6 Å². The van der Waals surface area contributed by atoms with E-state index in [-0.39, 0.29) is 35.4 Å². The van der Waals surface area contributed by atoms with E-state index in [0.29, 0.717) is 37.8 Å². The average Bonchev–Trinajstić information content (AvgIpc) is 2.56. The molecule has 1 aromatic rings. The Morgan fingerprint density at radius 3 is 2.58 bits per heavy atom. The fraction of sp³-hybridized carbons (Fsp3) is 0.533. The van der Waals surface area contributed by atoms with Gasteiger partial charge in [-0.05, 0) is 18.7 Å². The van der Waals surface area contributed by atoms with Crippen molar-refractivity contribution in [2.45, 2.75) is 18.2 Å². The van der Waals surface area contributed by atoms with Crippen LogP contribution in [0.15, 0.2) is 23.1 Å². The molecular weight excluding hydrogens is 356 g/mol. The molecule has 0 fully saturated rings. The number of fused-ring (bicyclic) bond motifs is 1.